The molecule has 0 saturated heterocycles. The Morgan fingerprint density at radius 2 is 1.40 bits per heavy atom. The van der Waals surface area contributed by atoms with Crippen molar-refractivity contribution in [1.82, 2.24) is 4.98 Å². The molecule has 2 aromatic carbocycles. The Balaban J connectivity index is 2.08. The van der Waals surface area contributed by atoms with Gasteiger partial charge in [0.15, 0.2) is 0 Å². The average Bonchev–Trinajstić information content (AvgIpc) is 2.56. The fraction of sp³-hybridized carbons (Fsp3) is 0.0556. The van der Waals surface area contributed by atoms with Crippen LogP contribution in [0.15, 0.2) is 72.8 Å². The van der Waals surface area contributed by atoms with Gasteiger partial charge in [-0.1, -0.05) is 48.5 Å². The lowest BCUT2D eigenvalue weighted by molar-refractivity contribution is 0.416. The summed E-state index contributed by atoms with van der Waals surface area (Å²) in [5, 5.41) is 0. The van der Waals surface area contributed by atoms with Gasteiger partial charge in [-0.25, -0.2) is 4.98 Å². The standard InChI is InChI=1S/C18H15NO/c1-20-18-13-6-5-10-15(18)17-12-7-11-16(19-17)14-8-3-2-4-9-14/h2-13H,1H3. The van der Waals surface area contributed by atoms with Crippen LogP contribution in [0, 0.1) is 0 Å². The Labute approximate surface area is 118 Å². The Morgan fingerprint density at radius 1 is 0.700 bits per heavy atom. The molecule has 1 aromatic heterocycles. The van der Waals surface area contributed by atoms with Crippen LogP contribution in [-0.2, 0) is 0 Å². The van der Waals surface area contributed by atoms with Gasteiger partial charge in [-0.3, -0.25) is 0 Å². The molecular formula is C18H15NO. The first-order chi connectivity index (χ1) is 9.88. The summed E-state index contributed by atoms with van der Waals surface area (Å²) in [6.07, 6.45) is 0. The molecule has 1 heterocycles. The molecule has 0 aliphatic rings. The van der Waals surface area contributed by atoms with Crippen molar-refractivity contribution in [3.63, 3.8) is 0 Å². The lowest BCUT2D eigenvalue weighted by atomic mass is 10.1. The zero-order chi connectivity index (χ0) is 13.8. The van der Waals surface area contributed by atoms with Crippen LogP contribution in [0.2, 0.25) is 0 Å². The first kappa shape index (κ1) is 12.4. The third kappa shape index (κ3) is 2.41. The molecule has 0 aliphatic carbocycles. The van der Waals surface area contributed by atoms with Gasteiger partial charge in [0.2, 0.25) is 0 Å². The van der Waals surface area contributed by atoms with E-state index in [9.17, 15) is 0 Å². The summed E-state index contributed by atoms with van der Waals surface area (Å²) in [6.45, 7) is 0. The lowest BCUT2D eigenvalue weighted by Crippen LogP contribution is -1.91. The number of nitrogens with zero attached hydrogens (tertiary/aromatic N) is 1. The van der Waals surface area contributed by atoms with E-state index in [1.54, 1.807) is 7.11 Å². The number of hydrogen-bond donors (Lipinski definition) is 0. The minimum atomic E-state index is 0.838. The number of hydrogen-bond acceptors (Lipinski definition) is 2. The highest BCUT2D eigenvalue weighted by Crippen LogP contribution is 2.29. The smallest absolute Gasteiger partial charge is 0.128 e. The summed E-state index contributed by atoms with van der Waals surface area (Å²) in [4.78, 5) is 4.74. The molecule has 0 atom stereocenters. The Bertz CT molecular complexity index is 707. The van der Waals surface area contributed by atoms with E-state index in [0.29, 0.717) is 0 Å². The number of aromatic nitrogens is 1. The zero-order valence-electron chi connectivity index (χ0n) is 11.3. The minimum Gasteiger partial charge on any atom is -0.496 e. The molecule has 2 heteroatoms. The van der Waals surface area contributed by atoms with Crippen molar-refractivity contribution < 1.29 is 4.74 Å². The number of pyridine rings is 1. The van der Waals surface area contributed by atoms with Crippen LogP contribution in [0.3, 0.4) is 0 Å². The van der Waals surface area contributed by atoms with Crippen LogP contribution in [0.25, 0.3) is 22.5 Å². The van der Waals surface area contributed by atoms with E-state index in [-0.39, 0.29) is 0 Å². The van der Waals surface area contributed by atoms with E-state index in [1.807, 2.05) is 60.7 Å². The summed E-state index contributed by atoms with van der Waals surface area (Å²) >= 11 is 0. The van der Waals surface area contributed by atoms with E-state index >= 15 is 0 Å². The lowest BCUT2D eigenvalue weighted by Gasteiger charge is -2.09. The molecule has 0 aliphatic heterocycles. The second-order valence-corrected chi connectivity index (χ2v) is 4.47. The summed E-state index contributed by atoms with van der Waals surface area (Å²) in [5.74, 6) is 0.838. The van der Waals surface area contributed by atoms with Crippen LogP contribution >= 0.6 is 0 Å². The highest BCUT2D eigenvalue weighted by atomic mass is 16.5. The van der Waals surface area contributed by atoms with E-state index < -0.39 is 0 Å². The van der Waals surface area contributed by atoms with Gasteiger partial charge >= 0.3 is 0 Å². The molecule has 20 heavy (non-hydrogen) atoms. The molecule has 0 fully saturated rings. The quantitative estimate of drug-likeness (QED) is 0.696. The van der Waals surface area contributed by atoms with Crippen molar-refractivity contribution in [3.8, 4) is 28.3 Å². The predicted octanol–water partition coefficient (Wildman–Crippen LogP) is 4.42. The van der Waals surface area contributed by atoms with Crippen LogP contribution in [0.5, 0.6) is 5.75 Å². The molecule has 3 aromatic rings. The largest absolute Gasteiger partial charge is 0.496 e. The van der Waals surface area contributed by atoms with Crippen LogP contribution in [-0.4, -0.2) is 12.1 Å². The third-order valence-electron chi connectivity index (χ3n) is 3.20. The first-order valence-electron chi connectivity index (χ1n) is 6.54. The molecule has 98 valence electrons. The highest BCUT2D eigenvalue weighted by molar-refractivity contribution is 5.70. The number of para-hydroxylation sites is 1. The third-order valence-corrected chi connectivity index (χ3v) is 3.20. The van der Waals surface area contributed by atoms with Crippen molar-refractivity contribution in [1.29, 1.82) is 0 Å². The number of methoxy groups -OCH3 is 1. The Hall–Kier alpha value is -2.61. The summed E-state index contributed by atoms with van der Waals surface area (Å²) in [6, 6.07) is 24.2. The number of rotatable bonds is 3. The molecule has 0 spiro atoms. The summed E-state index contributed by atoms with van der Waals surface area (Å²) in [5.41, 5.74) is 4.01. The van der Waals surface area contributed by atoms with Gasteiger partial charge in [-0.15, -0.1) is 0 Å². The van der Waals surface area contributed by atoms with Gasteiger partial charge in [-0.2, -0.15) is 0 Å². The average molecular weight is 261 g/mol. The monoisotopic (exact) mass is 261 g/mol. The fourth-order valence-corrected chi connectivity index (χ4v) is 2.21. The van der Waals surface area contributed by atoms with Gasteiger partial charge in [0.05, 0.1) is 18.5 Å². The van der Waals surface area contributed by atoms with Gasteiger partial charge in [0.25, 0.3) is 0 Å². The SMILES string of the molecule is COc1ccccc1-c1cccc(-c2ccccc2)n1. The van der Waals surface area contributed by atoms with Gasteiger partial charge in [-0.05, 0) is 24.3 Å². The van der Waals surface area contributed by atoms with Gasteiger partial charge < -0.3 is 4.74 Å². The Morgan fingerprint density at radius 3 is 2.20 bits per heavy atom. The topological polar surface area (TPSA) is 22.1 Å². The summed E-state index contributed by atoms with van der Waals surface area (Å²) < 4.78 is 5.41. The fourth-order valence-electron chi connectivity index (χ4n) is 2.21. The molecule has 3 rings (SSSR count). The van der Waals surface area contributed by atoms with Gasteiger partial charge in [0.1, 0.15) is 5.75 Å². The van der Waals surface area contributed by atoms with Crippen molar-refractivity contribution in [3.05, 3.63) is 72.8 Å². The zero-order valence-corrected chi connectivity index (χ0v) is 11.3. The van der Waals surface area contributed by atoms with Crippen molar-refractivity contribution in [2.45, 2.75) is 0 Å². The number of ether oxygens (including phenoxy) is 1. The highest BCUT2D eigenvalue weighted by Gasteiger charge is 2.07. The normalized spacial score (nSPS) is 10.2. The molecule has 0 amide bonds. The molecule has 0 N–H and O–H groups in total. The van der Waals surface area contributed by atoms with Crippen molar-refractivity contribution in [2.24, 2.45) is 0 Å². The van der Waals surface area contributed by atoms with Gasteiger partial charge in [0, 0.05) is 11.1 Å². The van der Waals surface area contributed by atoms with Crippen molar-refractivity contribution in [2.75, 3.05) is 7.11 Å². The first-order valence-corrected chi connectivity index (χ1v) is 6.54. The van der Waals surface area contributed by atoms with Crippen LogP contribution in [0.1, 0.15) is 0 Å². The maximum Gasteiger partial charge on any atom is 0.128 e. The maximum absolute atomic E-state index is 5.41. The molecule has 0 unspecified atom stereocenters. The number of benzene rings is 2. The molecule has 0 saturated carbocycles. The van der Waals surface area contributed by atoms with E-state index in [0.717, 1.165) is 28.3 Å². The van der Waals surface area contributed by atoms with E-state index in [2.05, 4.69) is 12.1 Å². The maximum atomic E-state index is 5.41. The van der Waals surface area contributed by atoms with E-state index in [1.165, 1.54) is 0 Å². The molecule has 2 nitrogen and oxygen atoms in total. The second-order valence-electron chi connectivity index (χ2n) is 4.47. The van der Waals surface area contributed by atoms with Crippen LogP contribution < -0.4 is 4.74 Å². The predicted molar refractivity (Wildman–Crippen MR) is 81.7 cm³/mol. The van der Waals surface area contributed by atoms with E-state index in [4.69, 9.17) is 9.72 Å². The Kier molecular flexibility index (Phi) is 3.46. The van der Waals surface area contributed by atoms with Crippen LogP contribution in [0.4, 0.5) is 0 Å². The molecular weight excluding hydrogens is 246 g/mol. The minimum absolute atomic E-state index is 0.838. The second kappa shape index (κ2) is 5.57. The van der Waals surface area contributed by atoms with Crippen molar-refractivity contribution >= 4 is 0 Å². The molecule has 0 radical (unpaired) electrons. The summed E-state index contributed by atoms with van der Waals surface area (Å²) in [7, 11) is 1.68. The molecule has 0 bridgehead atoms.